The Morgan fingerprint density at radius 2 is 1.80 bits per heavy atom. The molecule has 4 aromatic rings. The van der Waals surface area contributed by atoms with Crippen molar-refractivity contribution in [3.63, 3.8) is 0 Å². The van der Waals surface area contributed by atoms with Gasteiger partial charge in [-0.3, -0.25) is 9.48 Å². The molecule has 0 amide bonds. The Morgan fingerprint density at radius 3 is 2.53 bits per heavy atom. The number of allylic oxidation sites excluding steroid dienone is 1. The van der Waals surface area contributed by atoms with Gasteiger partial charge in [-0.25, -0.2) is 4.98 Å². The molecule has 5 nitrogen and oxygen atoms in total. The van der Waals surface area contributed by atoms with Crippen molar-refractivity contribution in [3.8, 4) is 0 Å². The number of nitrogens with zero attached hydrogens (tertiary/aromatic N) is 3. The summed E-state index contributed by atoms with van der Waals surface area (Å²) in [5.74, 6) is -0.810. The summed E-state index contributed by atoms with van der Waals surface area (Å²) in [6, 6.07) is 18.2. The van der Waals surface area contributed by atoms with Gasteiger partial charge >= 0.3 is 5.97 Å². The number of aromatic nitrogens is 3. The van der Waals surface area contributed by atoms with Gasteiger partial charge in [0, 0.05) is 17.7 Å². The second-order valence-corrected chi connectivity index (χ2v) is 8.31. The SMILES string of the molecule is Cc1nn(Cc2ccccc2)c(C)c1/C=C(\CCC(=O)O)c1nc2ccccc2s1. The maximum atomic E-state index is 11.2. The fourth-order valence-corrected chi connectivity index (χ4v) is 4.51. The van der Waals surface area contributed by atoms with E-state index in [-0.39, 0.29) is 6.42 Å². The highest BCUT2D eigenvalue weighted by Gasteiger charge is 2.15. The molecule has 0 saturated carbocycles. The number of benzene rings is 2. The molecule has 0 saturated heterocycles. The molecule has 30 heavy (non-hydrogen) atoms. The van der Waals surface area contributed by atoms with Crippen LogP contribution >= 0.6 is 11.3 Å². The highest BCUT2D eigenvalue weighted by molar-refractivity contribution is 7.19. The van der Waals surface area contributed by atoms with E-state index in [1.165, 1.54) is 5.56 Å². The van der Waals surface area contributed by atoms with Crippen molar-refractivity contribution in [1.29, 1.82) is 0 Å². The Kier molecular flexibility index (Phi) is 5.77. The van der Waals surface area contributed by atoms with E-state index in [0.717, 1.165) is 37.7 Å². The number of aliphatic carboxylic acids is 1. The summed E-state index contributed by atoms with van der Waals surface area (Å²) >= 11 is 1.60. The predicted molar refractivity (Wildman–Crippen MR) is 122 cm³/mol. The van der Waals surface area contributed by atoms with E-state index >= 15 is 0 Å². The van der Waals surface area contributed by atoms with Gasteiger partial charge in [0.2, 0.25) is 0 Å². The Hall–Kier alpha value is -3.25. The molecule has 0 radical (unpaired) electrons. The summed E-state index contributed by atoms with van der Waals surface area (Å²) < 4.78 is 3.10. The number of carboxylic acids is 1. The normalized spacial score (nSPS) is 11.9. The molecule has 4 rings (SSSR count). The summed E-state index contributed by atoms with van der Waals surface area (Å²) in [4.78, 5) is 16.0. The van der Waals surface area contributed by atoms with Crippen LogP contribution in [0, 0.1) is 13.8 Å². The van der Waals surface area contributed by atoms with Crippen LogP contribution in [0.1, 0.15) is 40.4 Å². The fourth-order valence-electron chi connectivity index (χ4n) is 3.50. The molecule has 2 aromatic carbocycles. The minimum absolute atomic E-state index is 0.0675. The minimum Gasteiger partial charge on any atom is -0.481 e. The van der Waals surface area contributed by atoms with Gasteiger partial charge in [-0.2, -0.15) is 5.10 Å². The Bertz CT molecular complexity index is 1190. The molecular formula is C24H23N3O2S. The van der Waals surface area contributed by atoms with Crippen molar-refractivity contribution in [3.05, 3.63) is 82.1 Å². The lowest BCUT2D eigenvalue weighted by atomic mass is 10.1. The van der Waals surface area contributed by atoms with Crippen molar-refractivity contribution < 1.29 is 9.90 Å². The molecule has 0 atom stereocenters. The van der Waals surface area contributed by atoms with Gasteiger partial charge in [-0.05, 0) is 49.6 Å². The van der Waals surface area contributed by atoms with Crippen LogP contribution in [0.5, 0.6) is 0 Å². The third kappa shape index (κ3) is 4.33. The average molecular weight is 418 g/mol. The second-order valence-electron chi connectivity index (χ2n) is 7.28. The maximum absolute atomic E-state index is 11.2. The molecule has 2 aromatic heterocycles. The van der Waals surface area contributed by atoms with Gasteiger partial charge < -0.3 is 5.11 Å². The molecule has 2 heterocycles. The molecular weight excluding hydrogens is 394 g/mol. The summed E-state index contributed by atoms with van der Waals surface area (Å²) in [5, 5.41) is 14.8. The van der Waals surface area contributed by atoms with Crippen LogP contribution in [-0.2, 0) is 11.3 Å². The topological polar surface area (TPSA) is 68.0 Å². The second kappa shape index (κ2) is 8.63. The zero-order chi connectivity index (χ0) is 21.1. The minimum atomic E-state index is -0.810. The van der Waals surface area contributed by atoms with Crippen LogP contribution in [0.25, 0.3) is 21.9 Å². The van der Waals surface area contributed by atoms with E-state index in [0.29, 0.717) is 13.0 Å². The summed E-state index contributed by atoms with van der Waals surface area (Å²) in [7, 11) is 0. The van der Waals surface area contributed by atoms with Crippen LogP contribution in [0.3, 0.4) is 0 Å². The Labute approximate surface area is 179 Å². The third-order valence-corrected chi connectivity index (χ3v) is 6.22. The van der Waals surface area contributed by atoms with E-state index in [4.69, 9.17) is 10.1 Å². The van der Waals surface area contributed by atoms with E-state index in [9.17, 15) is 9.90 Å². The number of fused-ring (bicyclic) bond motifs is 1. The Balaban J connectivity index is 1.73. The molecule has 0 bridgehead atoms. The first-order valence-electron chi connectivity index (χ1n) is 9.87. The summed E-state index contributed by atoms with van der Waals surface area (Å²) in [5.41, 5.74) is 6.08. The molecule has 0 fully saturated rings. The first-order valence-corrected chi connectivity index (χ1v) is 10.7. The molecule has 1 N–H and O–H groups in total. The number of carbonyl (C=O) groups is 1. The highest BCUT2D eigenvalue weighted by atomic mass is 32.1. The van der Waals surface area contributed by atoms with Crippen LogP contribution in [0.15, 0.2) is 54.6 Å². The molecule has 0 unspecified atom stereocenters. The quantitative estimate of drug-likeness (QED) is 0.427. The van der Waals surface area contributed by atoms with Crippen molar-refractivity contribution in [2.75, 3.05) is 0 Å². The van der Waals surface area contributed by atoms with Crippen molar-refractivity contribution >= 4 is 39.2 Å². The van der Waals surface area contributed by atoms with Crippen LogP contribution in [0.2, 0.25) is 0 Å². The molecule has 0 aliphatic heterocycles. The van der Waals surface area contributed by atoms with Crippen molar-refractivity contribution in [1.82, 2.24) is 14.8 Å². The highest BCUT2D eigenvalue weighted by Crippen LogP contribution is 2.32. The van der Waals surface area contributed by atoms with Gasteiger partial charge in [0.05, 0.1) is 22.5 Å². The molecule has 0 spiro atoms. The van der Waals surface area contributed by atoms with E-state index < -0.39 is 5.97 Å². The number of hydrogen-bond donors (Lipinski definition) is 1. The Morgan fingerprint density at radius 1 is 1.07 bits per heavy atom. The van der Waals surface area contributed by atoms with Gasteiger partial charge in [0.25, 0.3) is 0 Å². The monoisotopic (exact) mass is 417 g/mol. The van der Waals surface area contributed by atoms with E-state index in [2.05, 4.69) is 25.1 Å². The third-order valence-electron chi connectivity index (χ3n) is 5.11. The lowest BCUT2D eigenvalue weighted by Gasteiger charge is -2.06. The largest absolute Gasteiger partial charge is 0.481 e. The summed E-state index contributed by atoms with van der Waals surface area (Å²) in [6.07, 6.45) is 2.57. The smallest absolute Gasteiger partial charge is 0.303 e. The number of carboxylic acid groups (broad SMARTS) is 1. The zero-order valence-electron chi connectivity index (χ0n) is 17.0. The number of thiazole rings is 1. The zero-order valence-corrected chi connectivity index (χ0v) is 17.8. The lowest BCUT2D eigenvalue weighted by Crippen LogP contribution is -2.03. The van der Waals surface area contributed by atoms with Gasteiger partial charge in [-0.15, -0.1) is 11.3 Å². The first kappa shape index (κ1) is 20.0. The number of para-hydroxylation sites is 1. The maximum Gasteiger partial charge on any atom is 0.303 e. The van der Waals surface area contributed by atoms with Crippen molar-refractivity contribution in [2.45, 2.75) is 33.2 Å². The number of aryl methyl sites for hydroxylation is 1. The molecule has 6 heteroatoms. The first-order chi connectivity index (χ1) is 14.5. The fraction of sp³-hybridized carbons (Fsp3) is 0.208. The van der Waals surface area contributed by atoms with Crippen molar-refractivity contribution in [2.24, 2.45) is 0 Å². The number of rotatable bonds is 7. The van der Waals surface area contributed by atoms with Crippen LogP contribution in [0.4, 0.5) is 0 Å². The molecule has 0 aliphatic carbocycles. The number of hydrogen-bond acceptors (Lipinski definition) is 4. The van der Waals surface area contributed by atoms with Gasteiger partial charge in [-0.1, -0.05) is 42.5 Å². The van der Waals surface area contributed by atoms with E-state index in [1.54, 1.807) is 11.3 Å². The molecule has 0 aliphatic rings. The standard InChI is InChI=1S/C24H23N3O2S/c1-16-20(17(2)27(26-16)15-18-8-4-3-5-9-18)14-19(12-13-23(28)29)24-25-21-10-6-7-11-22(21)30-24/h3-11,14H,12-13,15H2,1-2H3,(H,28,29)/b19-14+. The molecule has 152 valence electrons. The van der Waals surface area contributed by atoms with Gasteiger partial charge in [0.15, 0.2) is 0 Å². The predicted octanol–water partition coefficient (Wildman–Crippen LogP) is 5.56. The van der Waals surface area contributed by atoms with E-state index in [1.807, 2.05) is 54.1 Å². The van der Waals surface area contributed by atoms with Crippen LogP contribution in [-0.4, -0.2) is 25.8 Å². The lowest BCUT2D eigenvalue weighted by molar-refractivity contribution is -0.136. The van der Waals surface area contributed by atoms with Gasteiger partial charge in [0.1, 0.15) is 5.01 Å². The average Bonchev–Trinajstić information content (AvgIpc) is 3.27. The van der Waals surface area contributed by atoms with Crippen LogP contribution < -0.4 is 0 Å². The summed E-state index contributed by atoms with van der Waals surface area (Å²) in [6.45, 7) is 4.75.